The quantitative estimate of drug-likeness (QED) is 0.862. The van der Waals surface area contributed by atoms with Crippen LogP contribution in [0.15, 0.2) is 18.2 Å². The highest BCUT2D eigenvalue weighted by molar-refractivity contribution is 5.97. The molecule has 1 N–H and O–H groups in total. The Morgan fingerprint density at radius 3 is 2.71 bits per heavy atom. The Morgan fingerprint density at radius 1 is 1.33 bits per heavy atom. The number of amides is 1. The molecule has 0 unspecified atom stereocenters. The molecule has 2 saturated carbocycles. The highest BCUT2D eigenvalue weighted by atomic mass is 16.2. The number of carbonyl (C=O) groups excluding carboxylic acids is 1. The molecule has 0 saturated heterocycles. The van der Waals surface area contributed by atoms with Crippen molar-refractivity contribution in [3.8, 4) is 11.8 Å². The lowest BCUT2D eigenvalue weighted by molar-refractivity contribution is 0.0734. The van der Waals surface area contributed by atoms with Crippen LogP contribution in [-0.2, 0) is 0 Å². The minimum absolute atomic E-state index is 0.107. The van der Waals surface area contributed by atoms with Crippen LogP contribution in [0.2, 0.25) is 0 Å². The van der Waals surface area contributed by atoms with E-state index < -0.39 is 0 Å². The topological polar surface area (TPSA) is 40.5 Å². The predicted octanol–water partition coefficient (Wildman–Crippen LogP) is 2.35. The maximum absolute atomic E-state index is 12.9. The molecule has 3 nitrogen and oxygen atoms in total. The van der Waals surface area contributed by atoms with Crippen LogP contribution in [0.1, 0.15) is 47.2 Å². The lowest BCUT2D eigenvalue weighted by atomic mass is 10.0. The van der Waals surface area contributed by atoms with Crippen LogP contribution in [0, 0.1) is 24.7 Å². The van der Waals surface area contributed by atoms with Crippen molar-refractivity contribution < 1.29 is 9.90 Å². The van der Waals surface area contributed by atoms with E-state index in [1.54, 1.807) is 0 Å². The monoisotopic (exact) mass is 283 g/mol. The highest BCUT2D eigenvalue weighted by Gasteiger charge is 2.37. The zero-order valence-corrected chi connectivity index (χ0v) is 12.4. The number of aryl methyl sites for hydroxylation is 1. The molecule has 1 aromatic carbocycles. The summed E-state index contributed by atoms with van der Waals surface area (Å²) in [7, 11) is 0. The molecule has 1 aromatic rings. The van der Waals surface area contributed by atoms with Crippen LogP contribution in [-0.4, -0.2) is 35.1 Å². The van der Waals surface area contributed by atoms with E-state index in [0.717, 1.165) is 30.5 Å². The van der Waals surface area contributed by atoms with Gasteiger partial charge >= 0.3 is 0 Å². The van der Waals surface area contributed by atoms with Crippen molar-refractivity contribution in [2.24, 2.45) is 5.92 Å². The molecule has 0 aromatic heterocycles. The SMILES string of the molecule is Cc1ccc(C#CCO)c(C(=O)N(CC2CC2)C2CC2)c1. The van der Waals surface area contributed by atoms with Crippen molar-refractivity contribution in [1.82, 2.24) is 4.90 Å². The van der Waals surface area contributed by atoms with Gasteiger partial charge in [-0.2, -0.15) is 0 Å². The predicted molar refractivity (Wildman–Crippen MR) is 81.9 cm³/mol. The van der Waals surface area contributed by atoms with Gasteiger partial charge in [-0.15, -0.1) is 0 Å². The summed E-state index contributed by atoms with van der Waals surface area (Å²) in [5.41, 5.74) is 2.47. The normalized spacial score (nSPS) is 17.0. The van der Waals surface area contributed by atoms with E-state index in [0.29, 0.717) is 17.5 Å². The van der Waals surface area contributed by atoms with Gasteiger partial charge < -0.3 is 10.0 Å². The second-order valence-corrected chi connectivity index (χ2v) is 6.14. The van der Waals surface area contributed by atoms with Crippen molar-refractivity contribution in [2.75, 3.05) is 13.2 Å². The molecule has 3 rings (SSSR count). The molecule has 0 radical (unpaired) electrons. The number of rotatable bonds is 4. The third kappa shape index (κ3) is 3.46. The molecule has 0 aliphatic heterocycles. The Labute approximate surface area is 126 Å². The van der Waals surface area contributed by atoms with Gasteiger partial charge in [0.15, 0.2) is 0 Å². The summed E-state index contributed by atoms with van der Waals surface area (Å²) in [4.78, 5) is 15.0. The molecule has 0 bridgehead atoms. The van der Waals surface area contributed by atoms with Crippen molar-refractivity contribution in [3.05, 3.63) is 34.9 Å². The largest absolute Gasteiger partial charge is 0.384 e. The first kappa shape index (κ1) is 14.2. The maximum atomic E-state index is 12.9. The molecule has 2 aliphatic rings. The Hall–Kier alpha value is -1.79. The number of nitrogens with zero attached hydrogens (tertiary/aromatic N) is 1. The Morgan fingerprint density at radius 2 is 2.10 bits per heavy atom. The summed E-state index contributed by atoms with van der Waals surface area (Å²) in [6.07, 6.45) is 4.76. The number of carbonyl (C=O) groups is 1. The molecule has 3 heteroatoms. The molecule has 0 spiro atoms. The van der Waals surface area contributed by atoms with Gasteiger partial charge in [-0.3, -0.25) is 4.79 Å². The molecule has 21 heavy (non-hydrogen) atoms. The molecule has 2 fully saturated rings. The number of hydrogen-bond donors (Lipinski definition) is 1. The summed E-state index contributed by atoms with van der Waals surface area (Å²) >= 11 is 0. The Bertz CT molecular complexity index is 603. The van der Waals surface area contributed by atoms with Gasteiger partial charge in [0.25, 0.3) is 5.91 Å². The Kier molecular flexibility index (Phi) is 3.98. The smallest absolute Gasteiger partial charge is 0.255 e. The molecule has 0 heterocycles. The zero-order valence-electron chi connectivity index (χ0n) is 12.4. The first-order chi connectivity index (χ1) is 10.2. The van der Waals surface area contributed by atoms with E-state index in [4.69, 9.17) is 5.11 Å². The standard InChI is InChI=1S/C18H21NO2/c1-13-4-7-15(3-2-10-20)17(11-13)18(21)19(16-8-9-16)12-14-5-6-14/h4,7,11,14,16,20H,5-6,8-10,12H2,1H3. The van der Waals surface area contributed by atoms with Crippen molar-refractivity contribution in [2.45, 2.75) is 38.6 Å². The van der Waals surface area contributed by atoms with Gasteiger partial charge in [0.05, 0.1) is 5.56 Å². The highest BCUT2D eigenvalue weighted by Crippen LogP contribution is 2.36. The van der Waals surface area contributed by atoms with Crippen LogP contribution in [0.25, 0.3) is 0 Å². The van der Waals surface area contributed by atoms with E-state index >= 15 is 0 Å². The van der Waals surface area contributed by atoms with E-state index in [1.807, 2.05) is 25.1 Å². The fourth-order valence-corrected chi connectivity index (χ4v) is 2.60. The van der Waals surface area contributed by atoms with E-state index in [-0.39, 0.29) is 12.5 Å². The lowest BCUT2D eigenvalue weighted by Gasteiger charge is -2.23. The van der Waals surface area contributed by atoms with Gasteiger partial charge in [-0.1, -0.05) is 23.5 Å². The summed E-state index contributed by atoms with van der Waals surface area (Å²) in [6.45, 7) is 2.70. The summed E-state index contributed by atoms with van der Waals surface area (Å²) in [5.74, 6) is 6.36. The van der Waals surface area contributed by atoms with Gasteiger partial charge in [0.1, 0.15) is 6.61 Å². The van der Waals surface area contributed by atoms with Gasteiger partial charge in [0.2, 0.25) is 0 Å². The maximum Gasteiger partial charge on any atom is 0.255 e. The van der Waals surface area contributed by atoms with E-state index in [9.17, 15) is 4.79 Å². The van der Waals surface area contributed by atoms with Gasteiger partial charge in [-0.05, 0) is 50.7 Å². The zero-order chi connectivity index (χ0) is 14.8. The van der Waals surface area contributed by atoms with Crippen molar-refractivity contribution in [1.29, 1.82) is 0 Å². The van der Waals surface area contributed by atoms with Crippen LogP contribution < -0.4 is 0 Å². The number of aliphatic hydroxyl groups excluding tert-OH is 1. The molecular formula is C18H21NO2. The van der Waals surface area contributed by atoms with Crippen LogP contribution in [0.5, 0.6) is 0 Å². The summed E-state index contributed by atoms with van der Waals surface area (Å²) < 4.78 is 0. The molecule has 1 amide bonds. The lowest BCUT2D eigenvalue weighted by Crippen LogP contribution is -2.35. The fraction of sp³-hybridized carbons (Fsp3) is 0.500. The van der Waals surface area contributed by atoms with Crippen LogP contribution in [0.3, 0.4) is 0 Å². The minimum atomic E-state index is -0.185. The van der Waals surface area contributed by atoms with Gasteiger partial charge in [0, 0.05) is 18.2 Å². The van der Waals surface area contributed by atoms with Crippen molar-refractivity contribution in [3.63, 3.8) is 0 Å². The summed E-state index contributed by atoms with van der Waals surface area (Å²) in [5, 5.41) is 8.88. The number of aliphatic hydroxyl groups is 1. The third-order valence-corrected chi connectivity index (χ3v) is 4.11. The minimum Gasteiger partial charge on any atom is -0.384 e. The number of benzene rings is 1. The summed E-state index contributed by atoms with van der Waals surface area (Å²) in [6, 6.07) is 6.19. The molecular weight excluding hydrogens is 262 g/mol. The Balaban J connectivity index is 1.89. The van der Waals surface area contributed by atoms with E-state index in [1.165, 1.54) is 12.8 Å². The van der Waals surface area contributed by atoms with Gasteiger partial charge in [-0.25, -0.2) is 0 Å². The molecule has 0 atom stereocenters. The average Bonchev–Trinajstić information content (AvgIpc) is 3.36. The van der Waals surface area contributed by atoms with Crippen molar-refractivity contribution >= 4 is 5.91 Å². The van der Waals surface area contributed by atoms with Crippen LogP contribution in [0.4, 0.5) is 0 Å². The van der Waals surface area contributed by atoms with Crippen LogP contribution >= 0.6 is 0 Å². The first-order valence-corrected chi connectivity index (χ1v) is 7.70. The molecule has 2 aliphatic carbocycles. The fourth-order valence-electron chi connectivity index (χ4n) is 2.60. The third-order valence-electron chi connectivity index (χ3n) is 4.11. The van der Waals surface area contributed by atoms with E-state index in [2.05, 4.69) is 16.7 Å². The second kappa shape index (κ2) is 5.91. The second-order valence-electron chi connectivity index (χ2n) is 6.14. The average molecular weight is 283 g/mol. The number of hydrogen-bond acceptors (Lipinski definition) is 2. The molecule has 110 valence electrons. The first-order valence-electron chi connectivity index (χ1n) is 7.70.